The second-order valence-electron chi connectivity index (χ2n) is 7.12. The lowest BCUT2D eigenvalue weighted by molar-refractivity contribution is 0.226. The molecule has 19 heavy (non-hydrogen) atoms. The molecule has 0 nitrogen and oxygen atoms in total. The third-order valence-corrected chi connectivity index (χ3v) is 5.91. The van der Waals surface area contributed by atoms with Gasteiger partial charge in [0.15, 0.2) is 0 Å². The summed E-state index contributed by atoms with van der Waals surface area (Å²) in [7, 11) is 0. The Hall–Kier alpha value is -1.56. The molecule has 0 heterocycles. The summed E-state index contributed by atoms with van der Waals surface area (Å²) in [6.07, 6.45) is 16.1. The number of hydrogen-bond acceptors (Lipinski definition) is 0. The molecular weight excluding hydrogens is 228 g/mol. The van der Waals surface area contributed by atoms with Gasteiger partial charge in [-0.05, 0) is 38.7 Å². The summed E-state index contributed by atoms with van der Waals surface area (Å²) in [6.45, 7) is 9.58. The van der Waals surface area contributed by atoms with E-state index in [2.05, 4.69) is 70.2 Å². The van der Waals surface area contributed by atoms with E-state index in [1.165, 1.54) is 11.1 Å². The van der Waals surface area contributed by atoms with E-state index in [1.807, 2.05) is 0 Å². The molecule has 0 heteroatoms. The second kappa shape index (κ2) is 3.12. The van der Waals surface area contributed by atoms with E-state index < -0.39 is 0 Å². The van der Waals surface area contributed by atoms with Gasteiger partial charge in [-0.25, -0.2) is 0 Å². The summed E-state index contributed by atoms with van der Waals surface area (Å²) in [5.74, 6) is 0.492. The molecule has 1 unspecified atom stereocenters. The fourth-order valence-corrected chi connectivity index (χ4v) is 4.05. The van der Waals surface area contributed by atoms with Crippen LogP contribution >= 0.6 is 0 Å². The smallest absolute Gasteiger partial charge is 0.0345 e. The molecule has 0 spiro atoms. The van der Waals surface area contributed by atoms with Crippen LogP contribution < -0.4 is 0 Å². The quantitative estimate of drug-likeness (QED) is 0.572. The summed E-state index contributed by atoms with van der Waals surface area (Å²) in [5, 5.41) is 0. The van der Waals surface area contributed by atoms with Gasteiger partial charge in [0.2, 0.25) is 0 Å². The normalized spacial score (nSPS) is 31.8. The van der Waals surface area contributed by atoms with Crippen molar-refractivity contribution >= 4 is 0 Å². The van der Waals surface area contributed by atoms with Crippen molar-refractivity contribution in [1.82, 2.24) is 0 Å². The zero-order chi connectivity index (χ0) is 13.4. The summed E-state index contributed by atoms with van der Waals surface area (Å²) >= 11 is 0. The van der Waals surface area contributed by atoms with Crippen LogP contribution in [0.15, 0.2) is 70.4 Å². The maximum Gasteiger partial charge on any atom is 0.0345 e. The van der Waals surface area contributed by atoms with Gasteiger partial charge in [0, 0.05) is 5.92 Å². The van der Waals surface area contributed by atoms with Gasteiger partial charge in [0.1, 0.15) is 0 Å². The van der Waals surface area contributed by atoms with E-state index in [1.54, 1.807) is 16.7 Å². The van der Waals surface area contributed by atoms with Crippen molar-refractivity contribution in [1.29, 1.82) is 0 Å². The van der Waals surface area contributed by atoms with Crippen LogP contribution in [0.1, 0.15) is 27.7 Å². The van der Waals surface area contributed by atoms with Crippen LogP contribution in [0.4, 0.5) is 0 Å². The molecule has 0 N–H and O–H groups in total. The molecule has 96 valence electrons. The molecule has 0 bridgehead atoms. The Balaban J connectivity index is 2.07. The highest BCUT2D eigenvalue weighted by Gasteiger charge is 2.53. The Labute approximate surface area is 115 Å². The van der Waals surface area contributed by atoms with Crippen molar-refractivity contribution in [3.63, 3.8) is 0 Å². The SMILES string of the molecule is CC1(C)C2=CC=C3C=CC=C4C=CC(=C2C43)C1(C)C. The van der Waals surface area contributed by atoms with E-state index >= 15 is 0 Å². The van der Waals surface area contributed by atoms with Gasteiger partial charge in [0.05, 0.1) is 0 Å². The minimum absolute atomic E-state index is 0.209. The van der Waals surface area contributed by atoms with Crippen molar-refractivity contribution in [2.24, 2.45) is 16.7 Å². The Morgan fingerprint density at radius 1 is 0.789 bits per heavy atom. The number of allylic oxidation sites excluding steroid dienone is 12. The highest BCUT2D eigenvalue weighted by Crippen LogP contribution is 2.64. The minimum atomic E-state index is 0.209. The Morgan fingerprint density at radius 3 is 2.32 bits per heavy atom. The second-order valence-corrected chi connectivity index (χ2v) is 7.12. The lowest BCUT2D eigenvalue weighted by atomic mass is 9.65. The molecule has 0 aromatic heterocycles. The highest BCUT2D eigenvalue weighted by molar-refractivity contribution is 5.69. The Morgan fingerprint density at radius 2 is 1.53 bits per heavy atom. The minimum Gasteiger partial charge on any atom is -0.0617 e. The van der Waals surface area contributed by atoms with Gasteiger partial charge in [-0.3, -0.25) is 0 Å². The molecule has 0 saturated heterocycles. The maximum absolute atomic E-state index is 2.39. The highest BCUT2D eigenvalue weighted by atomic mass is 14.6. The first-order chi connectivity index (χ1) is 8.94. The molecule has 0 aliphatic heterocycles. The van der Waals surface area contributed by atoms with E-state index in [0.717, 1.165) is 0 Å². The van der Waals surface area contributed by atoms with Crippen LogP contribution in [0.5, 0.6) is 0 Å². The summed E-state index contributed by atoms with van der Waals surface area (Å²) in [4.78, 5) is 0. The average molecular weight is 248 g/mol. The van der Waals surface area contributed by atoms with Gasteiger partial charge < -0.3 is 0 Å². The third kappa shape index (κ3) is 1.12. The predicted octanol–water partition coefficient (Wildman–Crippen LogP) is 4.90. The molecule has 0 amide bonds. The lowest BCUT2D eigenvalue weighted by Crippen LogP contribution is -2.30. The van der Waals surface area contributed by atoms with Crippen molar-refractivity contribution in [2.45, 2.75) is 27.7 Å². The van der Waals surface area contributed by atoms with Gasteiger partial charge in [-0.2, -0.15) is 0 Å². The summed E-state index contributed by atoms with van der Waals surface area (Å²) in [6, 6.07) is 0. The first-order valence-electron chi connectivity index (χ1n) is 7.18. The van der Waals surface area contributed by atoms with Crippen LogP contribution in [-0.4, -0.2) is 0 Å². The standard InChI is InChI=1S/C19H20/c1-18(2)14-10-8-12-6-5-7-13-9-11-15(19(18,3)4)17(14)16(12)13/h5-11,16H,1-4H3. The molecule has 0 aromatic rings. The van der Waals surface area contributed by atoms with Gasteiger partial charge in [-0.15, -0.1) is 0 Å². The van der Waals surface area contributed by atoms with Crippen molar-refractivity contribution in [2.75, 3.05) is 0 Å². The Kier molecular flexibility index (Phi) is 1.85. The van der Waals surface area contributed by atoms with Crippen molar-refractivity contribution < 1.29 is 0 Å². The van der Waals surface area contributed by atoms with Crippen LogP contribution in [0.25, 0.3) is 0 Å². The van der Waals surface area contributed by atoms with Crippen LogP contribution in [0.3, 0.4) is 0 Å². The molecule has 4 aliphatic carbocycles. The summed E-state index contributed by atoms with van der Waals surface area (Å²) in [5.41, 5.74) is 8.00. The zero-order valence-electron chi connectivity index (χ0n) is 12.1. The van der Waals surface area contributed by atoms with E-state index in [9.17, 15) is 0 Å². The van der Waals surface area contributed by atoms with Crippen molar-refractivity contribution in [3.05, 3.63) is 70.4 Å². The molecule has 0 radical (unpaired) electrons. The average Bonchev–Trinajstić information content (AvgIpc) is 2.53. The lowest BCUT2D eigenvalue weighted by Gasteiger charge is -2.38. The molecule has 0 saturated carbocycles. The molecule has 4 aliphatic rings. The molecule has 0 aromatic carbocycles. The molecule has 0 fully saturated rings. The largest absolute Gasteiger partial charge is 0.0617 e. The predicted molar refractivity (Wildman–Crippen MR) is 80.6 cm³/mol. The Bertz CT molecular complexity index is 667. The van der Waals surface area contributed by atoms with Crippen LogP contribution in [0, 0.1) is 16.7 Å². The van der Waals surface area contributed by atoms with E-state index in [0.29, 0.717) is 5.92 Å². The number of rotatable bonds is 0. The first-order valence-corrected chi connectivity index (χ1v) is 7.18. The zero-order valence-corrected chi connectivity index (χ0v) is 12.1. The number of hydrogen-bond donors (Lipinski definition) is 0. The van der Waals surface area contributed by atoms with Gasteiger partial charge in [0.25, 0.3) is 0 Å². The monoisotopic (exact) mass is 248 g/mol. The fourth-order valence-electron chi connectivity index (χ4n) is 4.05. The molecule has 1 atom stereocenters. The maximum atomic E-state index is 2.39. The molecular formula is C19H20. The van der Waals surface area contributed by atoms with Crippen LogP contribution in [-0.2, 0) is 0 Å². The molecule has 4 rings (SSSR count). The fraction of sp³-hybridized carbons (Fsp3) is 0.368. The summed E-state index contributed by atoms with van der Waals surface area (Å²) < 4.78 is 0. The van der Waals surface area contributed by atoms with E-state index in [-0.39, 0.29) is 10.8 Å². The van der Waals surface area contributed by atoms with Gasteiger partial charge in [-0.1, -0.05) is 70.2 Å². The topological polar surface area (TPSA) is 0 Å². The first kappa shape index (κ1) is 11.3. The van der Waals surface area contributed by atoms with Crippen LogP contribution in [0.2, 0.25) is 0 Å². The van der Waals surface area contributed by atoms with Crippen molar-refractivity contribution in [3.8, 4) is 0 Å². The third-order valence-electron chi connectivity index (χ3n) is 5.91. The van der Waals surface area contributed by atoms with Gasteiger partial charge >= 0.3 is 0 Å². The van der Waals surface area contributed by atoms with E-state index in [4.69, 9.17) is 0 Å².